The molecule has 2 saturated carbocycles. The minimum Gasteiger partial charge on any atom is -0.396 e. The first-order valence-electron chi connectivity index (χ1n) is 21.5. The van der Waals surface area contributed by atoms with Crippen LogP contribution in [0.25, 0.3) is 0 Å². The van der Waals surface area contributed by atoms with E-state index in [-0.39, 0.29) is 41.7 Å². The summed E-state index contributed by atoms with van der Waals surface area (Å²) in [7, 11) is 3.66. The highest BCUT2D eigenvalue weighted by molar-refractivity contribution is 5.74. The number of carbonyl (C=O) groups excluding carboxylic acids is 1. The van der Waals surface area contributed by atoms with E-state index in [2.05, 4.69) is 91.8 Å². The molecule has 0 radical (unpaired) electrons. The van der Waals surface area contributed by atoms with Gasteiger partial charge in [-0.1, -0.05) is 84.0 Å². The number of aldehydes is 1. The van der Waals surface area contributed by atoms with Crippen LogP contribution in [0.1, 0.15) is 83.8 Å². The molecule has 0 saturated heterocycles. The maximum atomic E-state index is 12.9. The van der Waals surface area contributed by atoms with Crippen molar-refractivity contribution in [2.24, 2.45) is 35.0 Å². The van der Waals surface area contributed by atoms with Crippen molar-refractivity contribution >= 4 is 6.29 Å². The minimum absolute atomic E-state index is 0.00862. The summed E-state index contributed by atoms with van der Waals surface area (Å²) in [6.45, 7) is 16.0. The summed E-state index contributed by atoms with van der Waals surface area (Å²) < 4.78 is 11.5. The zero-order valence-electron chi connectivity index (χ0n) is 35.7. The Balaban J connectivity index is 1.46. The lowest BCUT2D eigenvalue weighted by atomic mass is 9.45. The van der Waals surface area contributed by atoms with Crippen molar-refractivity contribution in [2.75, 3.05) is 53.7 Å². The first-order valence-corrected chi connectivity index (χ1v) is 21.5. The van der Waals surface area contributed by atoms with E-state index in [4.69, 9.17) is 9.47 Å². The maximum absolute atomic E-state index is 12.9. The van der Waals surface area contributed by atoms with E-state index in [0.717, 1.165) is 55.2 Å². The topological polar surface area (TPSA) is 120 Å². The summed E-state index contributed by atoms with van der Waals surface area (Å²) in [5.41, 5.74) is 5.52. The highest BCUT2D eigenvalue weighted by Gasteiger charge is 2.68. The molecule has 4 bridgehead atoms. The lowest BCUT2D eigenvalue weighted by molar-refractivity contribution is -0.194. The van der Waals surface area contributed by atoms with Gasteiger partial charge in [-0.3, -0.25) is 4.79 Å². The van der Waals surface area contributed by atoms with Crippen LogP contribution >= 0.6 is 0 Å². The summed E-state index contributed by atoms with van der Waals surface area (Å²) in [5.74, 6) is -0.498. The number of benzene rings is 1. The van der Waals surface area contributed by atoms with Gasteiger partial charge < -0.3 is 35.4 Å². The van der Waals surface area contributed by atoms with Crippen molar-refractivity contribution in [2.45, 2.75) is 103 Å². The van der Waals surface area contributed by atoms with Gasteiger partial charge in [0.05, 0.1) is 18.3 Å². The Bertz CT molecular complexity index is 1690. The third kappa shape index (κ3) is 10.1. The Hall–Kier alpha value is -2.95. The smallest absolute Gasteiger partial charge is 0.145 e. The summed E-state index contributed by atoms with van der Waals surface area (Å²) in [6.07, 6.45) is 19.3. The number of methoxy groups -OCH3 is 1. The van der Waals surface area contributed by atoms with Crippen LogP contribution in [0, 0.1) is 35.0 Å². The van der Waals surface area contributed by atoms with Gasteiger partial charge in [0.1, 0.15) is 6.29 Å². The van der Waals surface area contributed by atoms with Gasteiger partial charge in [0.15, 0.2) is 0 Å². The standard InChI is InChI=1S/C49H72N2O6/c1-8-57-33-42(14-9-11-35(3)40-16-15-34(2)31-51-47(5,23-26-56-7)29-38-13-10-12-37(27-38)28-40)43-19-21-49(46(43)54)45-39(20-25-52)17-18-41(44(45)36(4)32-53)30-48(49,55)22-24-50-6/h9-15,17-18,27,32,39-41,43,45-46,50-52,54-55H,3,8,16,19-26,28-31,33H2,1-2,4-7H3/b11-9+,34-15+,42-14-,44-36?/t39-,40+,41-,43-,45-,46+,47-,48+,49+/m0/s1. The van der Waals surface area contributed by atoms with Crippen molar-refractivity contribution < 1.29 is 29.6 Å². The first kappa shape index (κ1) is 45.1. The lowest BCUT2D eigenvalue weighted by Crippen LogP contribution is -2.65. The number of aliphatic hydroxyl groups excluding tert-OH is 2. The average molecular weight is 785 g/mol. The van der Waals surface area contributed by atoms with Gasteiger partial charge in [0, 0.05) is 56.3 Å². The van der Waals surface area contributed by atoms with Crippen LogP contribution in [-0.4, -0.2) is 92.5 Å². The number of aliphatic hydroxyl groups is 3. The SMILES string of the molecule is C=C(/C=C/C=C(/COCC)[C@@H]1CC[C@]2([C@@H]1O)[C@@H]1C(=C(C)C=O)[C@@H](C=C[C@H]1CCO)C[C@]2(O)CCNC)[C@@H]1C/C=C(\C)CN[C@@](C)(CCOC)Cc2cccc(c2)C1. The van der Waals surface area contributed by atoms with Crippen LogP contribution in [0.4, 0.5) is 0 Å². The molecule has 2 fully saturated rings. The van der Waals surface area contributed by atoms with Gasteiger partial charge in [-0.05, 0) is 139 Å². The molecule has 1 aromatic rings. The Morgan fingerprint density at radius 1 is 1.19 bits per heavy atom. The molecule has 5 N–H and O–H groups in total. The second-order valence-corrected chi connectivity index (χ2v) is 17.8. The Kier molecular flexibility index (Phi) is 16.1. The fourth-order valence-corrected chi connectivity index (χ4v) is 10.8. The number of carbonyl (C=O) groups is 1. The maximum Gasteiger partial charge on any atom is 0.145 e. The van der Waals surface area contributed by atoms with E-state index in [1.54, 1.807) is 7.11 Å². The van der Waals surface area contributed by atoms with E-state index in [1.165, 1.54) is 16.7 Å². The van der Waals surface area contributed by atoms with Crippen LogP contribution in [0.5, 0.6) is 0 Å². The monoisotopic (exact) mass is 785 g/mol. The summed E-state index contributed by atoms with van der Waals surface area (Å²) >= 11 is 0. The zero-order chi connectivity index (χ0) is 41.2. The van der Waals surface area contributed by atoms with Gasteiger partial charge in [-0.2, -0.15) is 0 Å². The number of ether oxygens (including phenoxy) is 2. The fourth-order valence-electron chi connectivity index (χ4n) is 10.8. The van der Waals surface area contributed by atoms with Crippen molar-refractivity contribution in [3.8, 4) is 0 Å². The van der Waals surface area contributed by atoms with E-state index in [0.29, 0.717) is 64.0 Å². The van der Waals surface area contributed by atoms with Gasteiger partial charge in [0.25, 0.3) is 0 Å². The highest BCUT2D eigenvalue weighted by atomic mass is 16.5. The van der Waals surface area contributed by atoms with Crippen LogP contribution in [0.15, 0.2) is 95.2 Å². The van der Waals surface area contributed by atoms with Gasteiger partial charge in [-0.15, -0.1) is 0 Å². The van der Waals surface area contributed by atoms with Gasteiger partial charge in [0.2, 0.25) is 0 Å². The van der Waals surface area contributed by atoms with Gasteiger partial charge in [-0.25, -0.2) is 0 Å². The molecule has 5 rings (SSSR count). The van der Waals surface area contributed by atoms with Crippen LogP contribution < -0.4 is 10.6 Å². The molecule has 1 heterocycles. The Morgan fingerprint density at radius 3 is 2.70 bits per heavy atom. The molecule has 8 nitrogen and oxygen atoms in total. The first-order chi connectivity index (χ1) is 27.4. The van der Waals surface area contributed by atoms with E-state index >= 15 is 0 Å². The number of nitrogens with one attached hydrogen (secondary N) is 2. The van der Waals surface area contributed by atoms with Gasteiger partial charge >= 0.3 is 0 Å². The van der Waals surface area contributed by atoms with Crippen LogP contribution in [0.3, 0.4) is 0 Å². The predicted octanol–water partition coefficient (Wildman–Crippen LogP) is 7.02. The number of hydrogen-bond acceptors (Lipinski definition) is 8. The molecule has 1 spiro atoms. The molecule has 3 aliphatic carbocycles. The largest absolute Gasteiger partial charge is 0.396 e. The molecule has 8 heteroatoms. The second kappa shape index (κ2) is 20.3. The van der Waals surface area contributed by atoms with Crippen molar-refractivity contribution in [1.29, 1.82) is 0 Å². The van der Waals surface area contributed by atoms with E-state index < -0.39 is 17.1 Å². The zero-order valence-corrected chi connectivity index (χ0v) is 35.7. The number of allylic oxidation sites excluding steroid dienone is 9. The third-order valence-electron chi connectivity index (χ3n) is 14.0. The highest BCUT2D eigenvalue weighted by Crippen LogP contribution is 2.67. The molecule has 9 atom stereocenters. The average Bonchev–Trinajstić information content (AvgIpc) is 3.54. The molecule has 1 aliphatic heterocycles. The third-order valence-corrected chi connectivity index (χ3v) is 14.0. The quantitative estimate of drug-likeness (QED) is 0.0526. The predicted molar refractivity (Wildman–Crippen MR) is 231 cm³/mol. The number of hydrogen-bond donors (Lipinski definition) is 5. The fraction of sp³-hybridized carbons (Fsp3) is 0.612. The molecule has 0 unspecified atom stereocenters. The van der Waals surface area contributed by atoms with Crippen molar-refractivity contribution in [3.63, 3.8) is 0 Å². The normalized spacial score (nSPS) is 35.1. The molecule has 0 aromatic heterocycles. The van der Waals surface area contributed by atoms with Crippen LogP contribution in [0.2, 0.25) is 0 Å². The minimum atomic E-state index is -1.18. The second-order valence-electron chi connectivity index (χ2n) is 17.8. The molecule has 57 heavy (non-hydrogen) atoms. The molecule has 0 amide bonds. The lowest BCUT2D eigenvalue weighted by Gasteiger charge is -2.61. The van der Waals surface area contributed by atoms with Crippen molar-refractivity contribution in [3.05, 3.63) is 106 Å². The molecule has 4 aliphatic rings. The number of fused-ring (bicyclic) bond motifs is 5. The summed E-state index contributed by atoms with van der Waals surface area (Å²) in [6, 6.07) is 8.98. The number of rotatable bonds is 16. The van der Waals surface area contributed by atoms with E-state index in [9.17, 15) is 20.1 Å². The molecule has 314 valence electrons. The molecule has 1 aromatic carbocycles. The Labute approximate surface area is 343 Å². The molecular weight excluding hydrogens is 713 g/mol. The Morgan fingerprint density at radius 2 is 1.98 bits per heavy atom. The summed E-state index contributed by atoms with van der Waals surface area (Å²) in [5, 5.41) is 43.0. The van der Waals surface area contributed by atoms with E-state index in [1.807, 2.05) is 20.9 Å². The molecular formula is C49H72N2O6. The summed E-state index contributed by atoms with van der Waals surface area (Å²) in [4.78, 5) is 12.4. The van der Waals surface area contributed by atoms with Crippen LogP contribution in [-0.2, 0) is 27.1 Å². The van der Waals surface area contributed by atoms with Crippen molar-refractivity contribution in [1.82, 2.24) is 10.6 Å².